The average Bonchev–Trinajstić information content (AvgIpc) is 2.77. The summed E-state index contributed by atoms with van der Waals surface area (Å²) < 4.78 is 1.97. The second-order valence-corrected chi connectivity index (χ2v) is 7.45. The Bertz CT molecular complexity index is 569. The smallest absolute Gasteiger partial charge is 0.208 e. The van der Waals surface area contributed by atoms with Crippen LogP contribution in [-0.2, 0) is 0 Å². The van der Waals surface area contributed by atoms with E-state index in [0.29, 0.717) is 0 Å². The van der Waals surface area contributed by atoms with Crippen LogP contribution in [0.15, 0.2) is 31.9 Å². The lowest BCUT2D eigenvalue weighted by Gasteiger charge is -2.09. The zero-order chi connectivity index (χ0) is 14.0. The highest BCUT2D eigenvalue weighted by atomic mass is 79.9. The van der Waals surface area contributed by atoms with Gasteiger partial charge in [-0.15, -0.1) is 10.2 Å². The Kier molecular flexibility index (Phi) is 4.83. The van der Waals surface area contributed by atoms with Crippen molar-refractivity contribution in [1.82, 2.24) is 10.2 Å². The minimum absolute atomic E-state index is 0.0234. The highest BCUT2D eigenvalue weighted by Crippen LogP contribution is 2.35. The third-order valence-electron chi connectivity index (χ3n) is 2.45. The Morgan fingerprint density at radius 3 is 2.63 bits per heavy atom. The number of anilines is 1. The third-order valence-corrected chi connectivity index (χ3v) is 5.26. The predicted molar refractivity (Wildman–Crippen MR) is 85.1 cm³/mol. The predicted octanol–water partition coefficient (Wildman–Crippen LogP) is 3.54. The van der Waals surface area contributed by atoms with Crippen LogP contribution in [-0.4, -0.2) is 24.3 Å². The summed E-state index contributed by atoms with van der Waals surface area (Å²) >= 11 is 6.74. The molecule has 7 heteroatoms. The van der Waals surface area contributed by atoms with Crippen LogP contribution < -0.4 is 10.6 Å². The average molecular weight is 359 g/mol. The van der Waals surface area contributed by atoms with E-state index in [1.807, 2.05) is 32.0 Å². The van der Waals surface area contributed by atoms with E-state index in [-0.39, 0.29) is 6.04 Å². The maximum absolute atomic E-state index is 5.89. The number of hydrogen-bond acceptors (Lipinski definition) is 6. The van der Waals surface area contributed by atoms with Gasteiger partial charge in [-0.1, -0.05) is 45.1 Å². The molecule has 1 atom stereocenters. The van der Waals surface area contributed by atoms with Crippen LogP contribution in [0.3, 0.4) is 0 Å². The molecule has 0 saturated heterocycles. The number of hydrogen-bond donors (Lipinski definition) is 1. The number of nitrogens with zero attached hydrogens (tertiary/aromatic N) is 3. The number of nitrogens with two attached hydrogens (primary N) is 1. The van der Waals surface area contributed by atoms with E-state index in [1.165, 1.54) is 0 Å². The molecule has 1 heterocycles. The Morgan fingerprint density at radius 2 is 2.11 bits per heavy atom. The summed E-state index contributed by atoms with van der Waals surface area (Å²) in [7, 11) is 3.92. The minimum Gasteiger partial charge on any atom is -0.353 e. The van der Waals surface area contributed by atoms with Crippen molar-refractivity contribution in [3.05, 3.63) is 28.2 Å². The van der Waals surface area contributed by atoms with Crippen LogP contribution in [0.5, 0.6) is 0 Å². The fourth-order valence-corrected chi connectivity index (χ4v) is 4.13. The maximum atomic E-state index is 5.89. The molecule has 4 nitrogen and oxygen atoms in total. The lowest BCUT2D eigenvalue weighted by atomic mass is 10.1. The van der Waals surface area contributed by atoms with Crippen molar-refractivity contribution < 1.29 is 0 Å². The summed E-state index contributed by atoms with van der Waals surface area (Å²) in [6.07, 6.45) is 0. The summed E-state index contributed by atoms with van der Waals surface area (Å²) in [6, 6.07) is 6.20. The summed E-state index contributed by atoms with van der Waals surface area (Å²) in [4.78, 5) is 3.08. The molecular weight excluding hydrogens is 344 g/mol. The molecule has 0 aliphatic carbocycles. The normalized spacial score (nSPS) is 12.5. The first-order chi connectivity index (χ1) is 8.97. The number of halogens is 1. The standard InChI is InChI=1S/C12H15BrN4S2/c1-7(14)9-5-4-8(6-10(9)13)18-12-16-15-11(19-12)17(2)3/h4-7H,14H2,1-3H3/t7-/m0/s1. The van der Waals surface area contributed by atoms with Crippen LogP contribution in [0.4, 0.5) is 5.13 Å². The highest BCUT2D eigenvalue weighted by molar-refractivity contribution is 9.10. The van der Waals surface area contributed by atoms with Crippen molar-refractivity contribution in [3.63, 3.8) is 0 Å². The first-order valence-corrected chi connectivity index (χ1v) is 8.13. The second kappa shape index (κ2) is 6.21. The molecule has 2 rings (SSSR count). The van der Waals surface area contributed by atoms with Gasteiger partial charge in [-0.2, -0.15) is 0 Å². The van der Waals surface area contributed by atoms with Crippen LogP contribution >= 0.6 is 39.0 Å². The molecule has 0 amide bonds. The van der Waals surface area contributed by atoms with Crippen LogP contribution in [0.2, 0.25) is 0 Å². The molecule has 1 aromatic heterocycles. The van der Waals surface area contributed by atoms with E-state index in [0.717, 1.165) is 24.4 Å². The molecule has 0 fully saturated rings. The van der Waals surface area contributed by atoms with Gasteiger partial charge in [-0.25, -0.2) is 0 Å². The van der Waals surface area contributed by atoms with E-state index in [1.54, 1.807) is 23.1 Å². The molecule has 0 aliphatic heterocycles. The maximum Gasteiger partial charge on any atom is 0.208 e. The largest absolute Gasteiger partial charge is 0.353 e. The van der Waals surface area contributed by atoms with E-state index in [9.17, 15) is 0 Å². The van der Waals surface area contributed by atoms with Gasteiger partial charge < -0.3 is 10.6 Å². The summed E-state index contributed by atoms with van der Waals surface area (Å²) in [5.74, 6) is 0. The monoisotopic (exact) mass is 358 g/mol. The topological polar surface area (TPSA) is 55.0 Å². The van der Waals surface area contributed by atoms with Crippen LogP contribution in [0.25, 0.3) is 0 Å². The Balaban J connectivity index is 2.16. The molecule has 0 unspecified atom stereocenters. The highest BCUT2D eigenvalue weighted by Gasteiger charge is 2.10. The zero-order valence-corrected chi connectivity index (χ0v) is 14.1. The van der Waals surface area contributed by atoms with Crippen molar-refractivity contribution in [3.8, 4) is 0 Å². The van der Waals surface area contributed by atoms with Crippen LogP contribution in [0, 0.1) is 0 Å². The summed E-state index contributed by atoms with van der Waals surface area (Å²) in [5, 5.41) is 9.20. The molecule has 0 spiro atoms. The minimum atomic E-state index is 0.0234. The molecule has 19 heavy (non-hydrogen) atoms. The van der Waals surface area contributed by atoms with E-state index in [2.05, 4.69) is 38.3 Å². The van der Waals surface area contributed by atoms with Gasteiger partial charge in [0.15, 0.2) is 4.34 Å². The van der Waals surface area contributed by atoms with Gasteiger partial charge in [0.2, 0.25) is 5.13 Å². The molecular formula is C12H15BrN4S2. The molecule has 2 aromatic rings. The molecule has 0 bridgehead atoms. The third kappa shape index (κ3) is 3.68. The Hall–Kier alpha value is -0.630. The van der Waals surface area contributed by atoms with Crippen molar-refractivity contribution in [2.24, 2.45) is 5.73 Å². The van der Waals surface area contributed by atoms with Crippen molar-refractivity contribution in [2.75, 3.05) is 19.0 Å². The zero-order valence-electron chi connectivity index (χ0n) is 10.9. The molecule has 2 N–H and O–H groups in total. The van der Waals surface area contributed by atoms with E-state index < -0.39 is 0 Å². The fraction of sp³-hybridized carbons (Fsp3) is 0.333. The SMILES string of the molecule is C[C@H](N)c1ccc(Sc2nnc(N(C)C)s2)cc1Br. The van der Waals surface area contributed by atoms with Gasteiger partial charge in [0.25, 0.3) is 0 Å². The fourth-order valence-electron chi connectivity index (χ4n) is 1.47. The first kappa shape index (κ1) is 14.8. The summed E-state index contributed by atoms with van der Waals surface area (Å²) in [5.41, 5.74) is 7.00. The quantitative estimate of drug-likeness (QED) is 0.905. The van der Waals surface area contributed by atoms with Crippen molar-refractivity contribution in [1.29, 1.82) is 0 Å². The molecule has 1 aromatic carbocycles. The molecule has 0 aliphatic rings. The Labute approximate surface area is 129 Å². The van der Waals surface area contributed by atoms with Gasteiger partial charge in [0, 0.05) is 29.5 Å². The first-order valence-electron chi connectivity index (χ1n) is 5.71. The van der Waals surface area contributed by atoms with Crippen molar-refractivity contribution >= 4 is 44.2 Å². The van der Waals surface area contributed by atoms with E-state index >= 15 is 0 Å². The lowest BCUT2D eigenvalue weighted by molar-refractivity contribution is 0.811. The van der Waals surface area contributed by atoms with Gasteiger partial charge in [0.1, 0.15) is 0 Å². The van der Waals surface area contributed by atoms with Gasteiger partial charge in [-0.3, -0.25) is 0 Å². The number of rotatable bonds is 4. The molecule has 102 valence electrons. The summed E-state index contributed by atoms with van der Waals surface area (Å²) in [6.45, 7) is 1.97. The Morgan fingerprint density at radius 1 is 1.37 bits per heavy atom. The van der Waals surface area contributed by atoms with Gasteiger partial charge in [-0.05, 0) is 24.6 Å². The molecule has 0 radical (unpaired) electrons. The van der Waals surface area contributed by atoms with Crippen molar-refractivity contribution in [2.45, 2.75) is 22.2 Å². The van der Waals surface area contributed by atoms with E-state index in [4.69, 9.17) is 5.73 Å². The molecule has 0 saturated carbocycles. The van der Waals surface area contributed by atoms with Crippen LogP contribution in [0.1, 0.15) is 18.5 Å². The van der Waals surface area contributed by atoms with Gasteiger partial charge >= 0.3 is 0 Å². The lowest BCUT2D eigenvalue weighted by Crippen LogP contribution is -2.07. The number of benzene rings is 1. The second-order valence-electron chi connectivity index (χ2n) is 4.32. The number of aromatic nitrogens is 2. The van der Waals surface area contributed by atoms with Gasteiger partial charge in [0.05, 0.1) is 0 Å².